The van der Waals surface area contributed by atoms with Gasteiger partial charge in [-0.2, -0.15) is 0 Å². The summed E-state index contributed by atoms with van der Waals surface area (Å²) in [5.74, 6) is 0. The largest absolute Gasteiger partial charge is 0.310 e. The van der Waals surface area contributed by atoms with E-state index in [1.54, 1.807) is 0 Å². The third-order valence-electron chi connectivity index (χ3n) is 11.4. The molecule has 0 aliphatic rings. The summed E-state index contributed by atoms with van der Waals surface area (Å²) in [5, 5.41) is 10.2. The minimum Gasteiger partial charge on any atom is -0.310 e. The molecular formula is C54H39N. The molecule has 0 bridgehead atoms. The van der Waals surface area contributed by atoms with E-state index in [4.69, 9.17) is 0 Å². The van der Waals surface area contributed by atoms with Crippen molar-refractivity contribution >= 4 is 60.2 Å². The number of hydrogen-bond donors (Lipinski definition) is 0. The van der Waals surface area contributed by atoms with E-state index in [1.165, 1.54) is 87.6 Å². The maximum absolute atomic E-state index is 2.39. The fourth-order valence-corrected chi connectivity index (χ4v) is 8.53. The lowest BCUT2D eigenvalue weighted by Crippen LogP contribution is -2.10. The van der Waals surface area contributed by atoms with Crippen molar-refractivity contribution in [2.75, 3.05) is 4.90 Å². The van der Waals surface area contributed by atoms with Crippen molar-refractivity contribution in [3.8, 4) is 33.4 Å². The Labute approximate surface area is 322 Å². The van der Waals surface area contributed by atoms with Crippen LogP contribution >= 0.6 is 0 Å². The molecule has 10 aromatic rings. The van der Waals surface area contributed by atoms with Crippen LogP contribution in [-0.2, 0) is 0 Å². The van der Waals surface area contributed by atoms with Crippen LogP contribution < -0.4 is 4.90 Å². The van der Waals surface area contributed by atoms with Crippen LogP contribution in [0.3, 0.4) is 0 Å². The molecule has 0 saturated carbocycles. The molecule has 0 radical (unpaired) electrons. The predicted octanol–water partition coefficient (Wildman–Crippen LogP) is 15.4. The van der Waals surface area contributed by atoms with Gasteiger partial charge in [-0.1, -0.05) is 158 Å². The topological polar surface area (TPSA) is 3.24 Å². The van der Waals surface area contributed by atoms with Crippen molar-refractivity contribution in [3.05, 3.63) is 211 Å². The third-order valence-corrected chi connectivity index (χ3v) is 11.4. The van der Waals surface area contributed by atoms with Crippen LogP contribution in [0.15, 0.2) is 200 Å². The second-order valence-corrected chi connectivity index (χ2v) is 14.6. The molecule has 0 amide bonds. The summed E-state index contributed by atoms with van der Waals surface area (Å²) in [6.07, 6.45) is 0. The van der Waals surface area contributed by atoms with Crippen molar-refractivity contribution < 1.29 is 0 Å². The molecule has 10 aromatic carbocycles. The van der Waals surface area contributed by atoms with Crippen molar-refractivity contribution in [1.82, 2.24) is 0 Å². The Morgan fingerprint density at radius 1 is 0.291 bits per heavy atom. The SMILES string of the molecule is Cc1ccc(-c2ccc(N(c3ccc(-c4ccccc4)cc3)c3ccc4c5ccccc5c5ccccc5c4c3)cc2)cc1-c1ccc2ccccc2c1C. The van der Waals surface area contributed by atoms with Crippen LogP contribution in [0.1, 0.15) is 11.1 Å². The Kier molecular flexibility index (Phi) is 8.00. The second kappa shape index (κ2) is 13.5. The molecule has 55 heavy (non-hydrogen) atoms. The van der Waals surface area contributed by atoms with Gasteiger partial charge in [0.25, 0.3) is 0 Å². The van der Waals surface area contributed by atoms with E-state index >= 15 is 0 Å². The summed E-state index contributed by atoms with van der Waals surface area (Å²) in [6.45, 7) is 4.46. The molecule has 260 valence electrons. The smallest absolute Gasteiger partial charge is 0.0468 e. The van der Waals surface area contributed by atoms with E-state index in [0.717, 1.165) is 17.1 Å². The summed E-state index contributed by atoms with van der Waals surface area (Å²) in [7, 11) is 0. The molecular weight excluding hydrogens is 663 g/mol. The van der Waals surface area contributed by atoms with Crippen LogP contribution in [0, 0.1) is 13.8 Å². The second-order valence-electron chi connectivity index (χ2n) is 14.6. The molecule has 0 aliphatic heterocycles. The monoisotopic (exact) mass is 701 g/mol. The number of aryl methyl sites for hydroxylation is 2. The fourth-order valence-electron chi connectivity index (χ4n) is 8.53. The number of rotatable bonds is 6. The number of fused-ring (bicyclic) bond motifs is 7. The zero-order valence-electron chi connectivity index (χ0n) is 31.0. The molecule has 0 aliphatic carbocycles. The molecule has 0 aromatic heterocycles. The fraction of sp³-hybridized carbons (Fsp3) is 0.0370. The van der Waals surface area contributed by atoms with Gasteiger partial charge in [0.1, 0.15) is 0 Å². The Hall–Kier alpha value is -6.96. The molecule has 1 nitrogen and oxygen atoms in total. The maximum atomic E-state index is 2.39. The molecule has 0 saturated heterocycles. The van der Waals surface area contributed by atoms with E-state index in [0.29, 0.717) is 0 Å². The van der Waals surface area contributed by atoms with Crippen LogP contribution in [0.4, 0.5) is 17.1 Å². The van der Waals surface area contributed by atoms with Gasteiger partial charge in [-0.3, -0.25) is 0 Å². The Morgan fingerprint density at radius 3 is 1.40 bits per heavy atom. The molecule has 0 fully saturated rings. The van der Waals surface area contributed by atoms with Gasteiger partial charge in [0, 0.05) is 17.1 Å². The zero-order chi connectivity index (χ0) is 36.9. The minimum absolute atomic E-state index is 1.11. The Balaban J connectivity index is 1.09. The average molecular weight is 702 g/mol. The van der Waals surface area contributed by atoms with Crippen molar-refractivity contribution in [2.45, 2.75) is 13.8 Å². The molecule has 0 spiro atoms. The summed E-state index contributed by atoms with van der Waals surface area (Å²) in [4.78, 5) is 2.39. The lowest BCUT2D eigenvalue weighted by molar-refractivity contribution is 1.29. The van der Waals surface area contributed by atoms with E-state index in [9.17, 15) is 0 Å². The van der Waals surface area contributed by atoms with Crippen LogP contribution in [0.5, 0.6) is 0 Å². The number of anilines is 3. The summed E-state index contributed by atoms with van der Waals surface area (Å²) < 4.78 is 0. The lowest BCUT2D eigenvalue weighted by Gasteiger charge is -2.27. The highest BCUT2D eigenvalue weighted by atomic mass is 15.1. The van der Waals surface area contributed by atoms with Gasteiger partial charge in [0.2, 0.25) is 0 Å². The molecule has 0 heterocycles. The standard InChI is InChI=1S/C54H39N/c1-36-20-21-42(34-53(36)47-32-26-41-14-6-7-15-46(41)37(47)2)40-24-29-44(30-25-40)55(43-27-22-39(23-28-43)38-12-4-3-5-13-38)45-31-33-52-50-18-9-8-16-48(50)49-17-10-11-19-51(49)54(52)35-45/h3-35H,1-2H3. The van der Waals surface area contributed by atoms with Crippen LogP contribution in [0.25, 0.3) is 76.5 Å². The van der Waals surface area contributed by atoms with E-state index in [2.05, 4.69) is 219 Å². The van der Waals surface area contributed by atoms with Gasteiger partial charge >= 0.3 is 0 Å². The van der Waals surface area contributed by atoms with Gasteiger partial charge in [-0.15, -0.1) is 0 Å². The number of nitrogens with zero attached hydrogens (tertiary/aromatic N) is 1. The Morgan fingerprint density at radius 2 is 0.764 bits per heavy atom. The predicted molar refractivity (Wildman–Crippen MR) is 237 cm³/mol. The summed E-state index contributed by atoms with van der Waals surface area (Å²) in [5.41, 5.74) is 13.3. The first-order valence-corrected chi connectivity index (χ1v) is 19.1. The van der Waals surface area contributed by atoms with Gasteiger partial charge in [0.05, 0.1) is 0 Å². The van der Waals surface area contributed by atoms with E-state index < -0.39 is 0 Å². The summed E-state index contributed by atoms with van der Waals surface area (Å²) in [6, 6.07) is 73.3. The van der Waals surface area contributed by atoms with Gasteiger partial charge in [0.15, 0.2) is 0 Å². The molecule has 1 heteroatoms. The van der Waals surface area contributed by atoms with E-state index in [-0.39, 0.29) is 0 Å². The van der Waals surface area contributed by atoms with Gasteiger partial charge in [-0.05, 0) is 144 Å². The first-order chi connectivity index (χ1) is 27.1. The molecule has 0 atom stereocenters. The molecule has 10 rings (SSSR count). The number of hydrogen-bond acceptors (Lipinski definition) is 1. The number of benzene rings is 10. The van der Waals surface area contributed by atoms with Gasteiger partial charge in [-0.25, -0.2) is 0 Å². The first-order valence-electron chi connectivity index (χ1n) is 19.1. The minimum atomic E-state index is 1.11. The zero-order valence-corrected chi connectivity index (χ0v) is 31.0. The molecule has 0 unspecified atom stereocenters. The highest BCUT2D eigenvalue weighted by Crippen LogP contribution is 2.42. The maximum Gasteiger partial charge on any atom is 0.0468 e. The molecule has 0 N–H and O–H groups in total. The highest BCUT2D eigenvalue weighted by molar-refractivity contribution is 6.25. The highest BCUT2D eigenvalue weighted by Gasteiger charge is 2.17. The van der Waals surface area contributed by atoms with Crippen molar-refractivity contribution in [3.63, 3.8) is 0 Å². The van der Waals surface area contributed by atoms with Gasteiger partial charge < -0.3 is 4.90 Å². The lowest BCUT2D eigenvalue weighted by atomic mass is 9.90. The summed E-state index contributed by atoms with van der Waals surface area (Å²) >= 11 is 0. The third kappa shape index (κ3) is 5.73. The van der Waals surface area contributed by atoms with Crippen molar-refractivity contribution in [1.29, 1.82) is 0 Å². The normalized spacial score (nSPS) is 11.5. The van der Waals surface area contributed by atoms with E-state index in [1.807, 2.05) is 0 Å². The van der Waals surface area contributed by atoms with Crippen LogP contribution in [-0.4, -0.2) is 0 Å². The van der Waals surface area contributed by atoms with Crippen molar-refractivity contribution in [2.24, 2.45) is 0 Å². The first kappa shape index (κ1) is 32.7. The quantitative estimate of drug-likeness (QED) is 0.156. The van der Waals surface area contributed by atoms with Crippen LogP contribution in [0.2, 0.25) is 0 Å². The Bertz CT molecular complexity index is 2990. The average Bonchev–Trinajstić information content (AvgIpc) is 3.25.